The summed E-state index contributed by atoms with van der Waals surface area (Å²) < 4.78 is 4.83. The van der Waals surface area contributed by atoms with Crippen LogP contribution in [0.25, 0.3) is 0 Å². The zero-order valence-electron chi connectivity index (χ0n) is 15.6. The highest BCUT2D eigenvalue weighted by molar-refractivity contribution is 5.90. The van der Waals surface area contributed by atoms with Gasteiger partial charge in [0.25, 0.3) is 0 Å². The number of hydrogen-bond donors (Lipinski definition) is 2. The summed E-state index contributed by atoms with van der Waals surface area (Å²) in [5.41, 5.74) is 1.99. The van der Waals surface area contributed by atoms with Crippen LogP contribution in [0.1, 0.15) is 38.3 Å². The minimum Gasteiger partial charge on any atom is -0.467 e. The molecule has 0 radical (unpaired) electrons. The third-order valence-electron chi connectivity index (χ3n) is 3.89. The van der Waals surface area contributed by atoms with Gasteiger partial charge in [-0.15, -0.1) is 0 Å². The van der Waals surface area contributed by atoms with Gasteiger partial charge in [-0.25, -0.2) is 4.79 Å². The van der Waals surface area contributed by atoms with Crippen molar-refractivity contribution in [3.8, 4) is 0 Å². The number of ether oxygens (including phenoxy) is 1. The fourth-order valence-electron chi connectivity index (χ4n) is 2.62. The van der Waals surface area contributed by atoms with Gasteiger partial charge in [-0.1, -0.05) is 38.1 Å². The van der Waals surface area contributed by atoms with E-state index in [1.54, 1.807) is 0 Å². The van der Waals surface area contributed by atoms with Crippen LogP contribution in [-0.2, 0) is 25.5 Å². The zero-order valence-corrected chi connectivity index (χ0v) is 15.6. The Labute approximate surface area is 149 Å². The summed E-state index contributed by atoms with van der Waals surface area (Å²) in [7, 11) is 1.29. The first-order chi connectivity index (χ1) is 11.7. The molecule has 0 heterocycles. The van der Waals surface area contributed by atoms with Crippen molar-refractivity contribution < 1.29 is 19.1 Å². The Bertz CT molecular complexity index is 613. The van der Waals surface area contributed by atoms with Crippen molar-refractivity contribution in [2.75, 3.05) is 7.11 Å². The summed E-state index contributed by atoms with van der Waals surface area (Å²) in [6.45, 7) is 7.25. The summed E-state index contributed by atoms with van der Waals surface area (Å²) >= 11 is 0. The summed E-state index contributed by atoms with van der Waals surface area (Å²) in [5.74, 6) is -0.958. The predicted molar refractivity (Wildman–Crippen MR) is 95.9 cm³/mol. The van der Waals surface area contributed by atoms with Gasteiger partial charge in [0.2, 0.25) is 11.8 Å². The summed E-state index contributed by atoms with van der Waals surface area (Å²) in [6, 6.07) is 6.18. The first-order valence-electron chi connectivity index (χ1n) is 8.44. The minimum atomic E-state index is -0.804. The third kappa shape index (κ3) is 6.95. The number of aryl methyl sites for hydroxylation is 1. The Kier molecular flexibility index (Phi) is 8.11. The van der Waals surface area contributed by atoms with Crippen molar-refractivity contribution in [1.82, 2.24) is 10.6 Å². The largest absolute Gasteiger partial charge is 0.467 e. The number of methoxy groups -OCH3 is 1. The Balaban J connectivity index is 2.92. The molecule has 1 aromatic carbocycles. The normalized spacial score (nSPS) is 13.0. The molecule has 0 fully saturated rings. The second-order valence-corrected chi connectivity index (χ2v) is 6.60. The summed E-state index contributed by atoms with van der Waals surface area (Å²) in [6.07, 6.45) is 0.823. The van der Waals surface area contributed by atoms with Gasteiger partial charge >= 0.3 is 5.97 Å². The second-order valence-electron chi connectivity index (χ2n) is 6.60. The fourth-order valence-corrected chi connectivity index (χ4v) is 2.62. The number of benzene rings is 1. The van der Waals surface area contributed by atoms with E-state index in [4.69, 9.17) is 4.74 Å². The van der Waals surface area contributed by atoms with Gasteiger partial charge in [-0.3, -0.25) is 9.59 Å². The Morgan fingerprint density at radius 3 is 2.24 bits per heavy atom. The van der Waals surface area contributed by atoms with Crippen molar-refractivity contribution in [2.45, 2.75) is 52.6 Å². The molecule has 0 saturated heterocycles. The van der Waals surface area contributed by atoms with Crippen LogP contribution < -0.4 is 10.6 Å². The number of carbonyl (C=O) groups is 3. The highest BCUT2D eigenvalue weighted by atomic mass is 16.5. The van der Waals surface area contributed by atoms with Gasteiger partial charge < -0.3 is 15.4 Å². The standard InChI is InChI=1S/C19H28N2O4/c1-12(2)10-16(20-14(4)22)18(23)21-17(19(24)25-5)11-15-9-7-6-8-13(15)3/h6-9,12,16-17H,10-11H2,1-5H3,(H,20,22)(H,21,23)/t16-,17+/m0/s1. The number of hydrogen-bond acceptors (Lipinski definition) is 4. The number of nitrogens with one attached hydrogen (secondary N) is 2. The van der Waals surface area contributed by atoms with Crippen LogP contribution in [0, 0.1) is 12.8 Å². The Morgan fingerprint density at radius 2 is 1.72 bits per heavy atom. The van der Waals surface area contributed by atoms with Crippen LogP contribution in [-0.4, -0.2) is 37.0 Å². The lowest BCUT2D eigenvalue weighted by Gasteiger charge is -2.23. The summed E-state index contributed by atoms with van der Waals surface area (Å²) in [4.78, 5) is 36.1. The van der Waals surface area contributed by atoms with Gasteiger partial charge in [0.15, 0.2) is 0 Å². The molecule has 2 N–H and O–H groups in total. The molecule has 2 amide bonds. The molecule has 0 aliphatic carbocycles. The summed E-state index contributed by atoms with van der Waals surface area (Å²) in [5, 5.41) is 5.37. The number of esters is 1. The lowest BCUT2D eigenvalue weighted by Crippen LogP contribution is -2.52. The SMILES string of the molecule is COC(=O)[C@@H](Cc1ccccc1C)NC(=O)[C@H](CC(C)C)NC(C)=O. The molecule has 1 aromatic rings. The highest BCUT2D eigenvalue weighted by Gasteiger charge is 2.27. The molecule has 0 bridgehead atoms. The maximum Gasteiger partial charge on any atom is 0.328 e. The van der Waals surface area contributed by atoms with E-state index >= 15 is 0 Å². The monoisotopic (exact) mass is 348 g/mol. The van der Waals surface area contributed by atoms with E-state index in [0.717, 1.165) is 11.1 Å². The molecule has 0 spiro atoms. The first-order valence-corrected chi connectivity index (χ1v) is 8.44. The van der Waals surface area contributed by atoms with E-state index in [1.807, 2.05) is 45.0 Å². The molecular weight excluding hydrogens is 320 g/mol. The van der Waals surface area contributed by atoms with E-state index in [2.05, 4.69) is 10.6 Å². The van der Waals surface area contributed by atoms with Gasteiger partial charge in [0.1, 0.15) is 12.1 Å². The highest BCUT2D eigenvalue weighted by Crippen LogP contribution is 2.12. The fraction of sp³-hybridized carbons (Fsp3) is 0.526. The zero-order chi connectivity index (χ0) is 19.0. The second kappa shape index (κ2) is 9.81. The maximum absolute atomic E-state index is 12.6. The molecule has 138 valence electrons. The van der Waals surface area contributed by atoms with Crippen LogP contribution in [0.15, 0.2) is 24.3 Å². The van der Waals surface area contributed by atoms with Crippen LogP contribution in [0.5, 0.6) is 0 Å². The van der Waals surface area contributed by atoms with Gasteiger partial charge in [-0.05, 0) is 30.4 Å². The smallest absolute Gasteiger partial charge is 0.328 e. The molecule has 6 nitrogen and oxygen atoms in total. The minimum absolute atomic E-state index is 0.218. The van der Waals surface area contributed by atoms with Crippen molar-refractivity contribution >= 4 is 17.8 Å². The first kappa shape index (κ1) is 20.7. The molecule has 0 aliphatic heterocycles. The number of rotatable bonds is 8. The van der Waals surface area contributed by atoms with Gasteiger partial charge in [0, 0.05) is 13.3 Å². The Hall–Kier alpha value is -2.37. The molecule has 2 atom stereocenters. The molecular formula is C19H28N2O4. The third-order valence-corrected chi connectivity index (χ3v) is 3.89. The van der Waals surface area contributed by atoms with Gasteiger partial charge in [-0.2, -0.15) is 0 Å². The average Bonchev–Trinajstić information content (AvgIpc) is 2.53. The maximum atomic E-state index is 12.6. The molecule has 0 aromatic heterocycles. The van der Waals surface area contributed by atoms with Crippen molar-refractivity contribution in [2.24, 2.45) is 5.92 Å². The molecule has 0 saturated carbocycles. The van der Waals surface area contributed by atoms with Crippen LogP contribution >= 0.6 is 0 Å². The van der Waals surface area contributed by atoms with E-state index in [9.17, 15) is 14.4 Å². The van der Waals surface area contributed by atoms with E-state index < -0.39 is 18.1 Å². The van der Waals surface area contributed by atoms with E-state index in [-0.39, 0.29) is 17.7 Å². The number of carbonyl (C=O) groups excluding carboxylic acids is 3. The molecule has 1 rings (SSSR count). The topological polar surface area (TPSA) is 84.5 Å². The number of amides is 2. The van der Waals surface area contributed by atoms with Crippen molar-refractivity contribution in [3.05, 3.63) is 35.4 Å². The van der Waals surface area contributed by atoms with Crippen LogP contribution in [0.3, 0.4) is 0 Å². The molecule has 0 aliphatic rings. The van der Waals surface area contributed by atoms with Crippen molar-refractivity contribution in [3.63, 3.8) is 0 Å². The van der Waals surface area contributed by atoms with Gasteiger partial charge in [0.05, 0.1) is 7.11 Å². The molecule has 6 heteroatoms. The van der Waals surface area contributed by atoms with E-state index in [0.29, 0.717) is 12.8 Å². The van der Waals surface area contributed by atoms with Crippen LogP contribution in [0.2, 0.25) is 0 Å². The lowest BCUT2D eigenvalue weighted by atomic mass is 9.99. The quantitative estimate of drug-likeness (QED) is 0.701. The lowest BCUT2D eigenvalue weighted by molar-refractivity contribution is -0.145. The van der Waals surface area contributed by atoms with Crippen LogP contribution in [0.4, 0.5) is 0 Å². The molecule has 25 heavy (non-hydrogen) atoms. The van der Waals surface area contributed by atoms with Crippen molar-refractivity contribution in [1.29, 1.82) is 0 Å². The molecule has 0 unspecified atom stereocenters. The van der Waals surface area contributed by atoms with E-state index in [1.165, 1.54) is 14.0 Å². The predicted octanol–water partition coefficient (Wildman–Crippen LogP) is 1.75. The average molecular weight is 348 g/mol. The Morgan fingerprint density at radius 1 is 1.08 bits per heavy atom.